The number of anilines is 1. The van der Waals surface area contributed by atoms with Crippen LogP contribution in [0.1, 0.15) is 23.9 Å². The molecular formula is C15H16N2O4. The van der Waals surface area contributed by atoms with Gasteiger partial charge in [0.05, 0.1) is 7.11 Å². The fourth-order valence-electron chi connectivity index (χ4n) is 2.43. The van der Waals surface area contributed by atoms with Gasteiger partial charge in [-0.15, -0.1) is 0 Å². The molecule has 0 aliphatic carbocycles. The molecule has 6 heteroatoms. The molecule has 0 bridgehead atoms. The molecule has 0 fully saturated rings. The van der Waals surface area contributed by atoms with E-state index in [0.717, 1.165) is 11.3 Å². The van der Waals surface area contributed by atoms with Crippen LogP contribution in [0.15, 0.2) is 28.8 Å². The second-order valence-corrected chi connectivity index (χ2v) is 5.06. The zero-order chi connectivity index (χ0) is 15.0. The first kappa shape index (κ1) is 13.6. The van der Waals surface area contributed by atoms with Crippen LogP contribution in [0, 0.1) is 6.92 Å². The van der Waals surface area contributed by atoms with Crippen LogP contribution >= 0.6 is 0 Å². The third-order valence-corrected chi connectivity index (χ3v) is 3.71. The minimum Gasteiger partial charge on any atom is -0.497 e. The predicted molar refractivity (Wildman–Crippen MR) is 75.3 cm³/mol. The van der Waals surface area contributed by atoms with Crippen molar-refractivity contribution < 1.29 is 18.8 Å². The third-order valence-electron chi connectivity index (χ3n) is 3.71. The molecule has 2 heterocycles. The van der Waals surface area contributed by atoms with Gasteiger partial charge in [0.1, 0.15) is 29.3 Å². The van der Waals surface area contributed by atoms with Crippen molar-refractivity contribution in [1.29, 1.82) is 0 Å². The number of benzene rings is 1. The first-order chi connectivity index (χ1) is 10.0. The minimum absolute atomic E-state index is 0.0433. The van der Waals surface area contributed by atoms with Crippen LogP contribution in [0.25, 0.3) is 0 Å². The lowest BCUT2D eigenvalue weighted by Gasteiger charge is -2.26. The average molecular weight is 288 g/mol. The van der Waals surface area contributed by atoms with Crippen molar-refractivity contribution in [1.82, 2.24) is 5.16 Å². The molecule has 110 valence electrons. The molecule has 0 saturated carbocycles. The number of ether oxygens (including phenoxy) is 2. The molecule has 0 spiro atoms. The number of amides is 1. The van der Waals surface area contributed by atoms with E-state index < -0.39 is 5.60 Å². The number of hydrogen-bond donors (Lipinski definition) is 1. The molecule has 1 aliphatic heterocycles. The molecule has 1 aliphatic rings. The van der Waals surface area contributed by atoms with Gasteiger partial charge in [-0.3, -0.25) is 4.79 Å². The van der Waals surface area contributed by atoms with Crippen molar-refractivity contribution in [2.75, 3.05) is 19.0 Å². The number of methoxy groups -OCH3 is 1. The molecule has 6 nitrogen and oxygen atoms in total. The number of aromatic nitrogens is 1. The van der Waals surface area contributed by atoms with E-state index in [2.05, 4.69) is 10.5 Å². The van der Waals surface area contributed by atoms with E-state index in [9.17, 15) is 4.79 Å². The lowest BCUT2D eigenvalue weighted by atomic mass is 9.91. The van der Waals surface area contributed by atoms with E-state index in [1.807, 2.05) is 31.2 Å². The molecule has 1 aromatic heterocycles. The van der Waals surface area contributed by atoms with Gasteiger partial charge < -0.3 is 19.3 Å². The fraction of sp³-hybridized carbons (Fsp3) is 0.333. The van der Waals surface area contributed by atoms with Gasteiger partial charge in [-0.1, -0.05) is 17.3 Å². The van der Waals surface area contributed by atoms with E-state index in [4.69, 9.17) is 14.0 Å². The fourth-order valence-corrected chi connectivity index (χ4v) is 2.43. The van der Waals surface area contributed by atoms with E-state index in [1.165, 1.54) is 0 Å². The molecule has 1 aromatic carbocycles. The van der Waals surface area contributed by atoms with Crippen LogP contribution in [0.5, 0.6) is 5.75 Å². The van der Waals surface area contributed by atoms with Crippen molar-refractivity contribution in [2.45, 2.75) is 19.4 Å². The van der Waals surface area contributed by atoms with Gasteiger partial charge in [0.2, 0.25) is 0 Å². The maximum absolute atomic E-state index is 11.8. The molecule has 1 unspecified atom stereocenters. The number of nitrogens with one attached hydrogen (secondary N) is 1. The first-order valence-corrected chi connectivity index (χ1v) is 6.59. The quantitative estimate of drug-likeness (QED) is 0.917. The summed E-state index contributed by atoms with van der Waals surface area (Å²) < 4.78 is 16.2. The Kier molecular flexibility index (Phi) is 3.17. The Hall–Kier alpha value is -2.34. The van der Waals surface area contributed by atoms with Crippen LogP contribution < -0.4 is 10.1 Å². The summed E-state index contributed by atoms with van der Waals surface area (Å²) in [7, 11) is 1.61. The Morgan fingerprint density at radius 2 is 2.05 bits per heavy atom. The number of aryl methyl sites for hydroxylation is 1. The predicted octanol–water partition coefficient (Wildman–Crippen LogP) is 2.22. The van der Waals surface area contributed by atoms with Crippen LogP contribution in [-0.4, -0.2) is 24.8 Å². The van der Waals surface area contributed by atoms with Gasteiger partial charge in [0.15, 0.2) is 5.76 Å². The second-order valence-electron chi connectivity index (χ2n) is 5.06. The number of fused-ring (bicyclic) bond motifs is 1. The number of rotatable bonds is 2. The van der Waals surface area contributed by atoms with Crippen molar-refractivity contribution in [3.05, 3.63) is 41.3 Å². The smallest absolute Gasteiger partial charge is 0.250 e. The van der Waals surface area contributed by atoms with Crippen molar-refractivity contribution >= 4 is 11.6 Å². The van der Waals surface area contributed by atoms with Gasteiger partial charge in [0, 0.05) is 0 Å². The summed E-state index contributed by atoms with van der Waals surface area (Å²) in [5.74, 6) is 1.09. The molecule has 0 saturated heterocycles. The molecule has 21 heavy (non-hydrogen) atoms. The van der Waals surface area contributed by atoms with Gasteiger partial charge in [-0.05, 0) is 31.5 Å². The number of hydrogen-bond acceptors (Lipinski definition) is 5. The maximum atomic E-state index is 11.8. The van der Waals surface area contributed by atoms with Gasteiger partial charge in [0.25, 0.3) is 5.91 Å². The monoisotopic (exact) mass is 288 g/mol. The van der Waals surface area contributed by atoms with Crippen molar-refractivity contribution in [3.63, 3.8) is 0 Å². The summed E-state index contributed by atoms with van der Waals surface area (Å²) in [5, 5.41) is 6.85. The van der Waals surface area contributed by atoms with Crippen LogP contribution in [0.3, 0.4) is 0 Å². The number of nitrogens with zero attached hydrogens (tertiary/aromatic N) is 1. The second kappa shape index (κ2) is 4.89. The molecule has 1 atom stereocenters. The lowest BCUT2D eigenvalue weighted by Crippen LogP contribution is -2.28. The highest BCUT2D eigenvalue weighted by Crippen LogP contribution is 2.40. The van der Waals surface area contributed by atoms with Gasteiger partial charge in [-0.25, -0.2) is 0 Å². The zero-order valence-corrected chi connectivity index (χ0v) is 12.1. The number of carbonyl (C=O) groups is 1. The highest BCUT2D eigenvalue weighted by Gasteiger charge is 2.40. The summed E-state index contributed by atoms with van der Waals surface area (Å²) in [6.07, 6.45) is 0. The van der Waals surface area contributed by atoms with E-state index in [-0.39, 0.29) is 12.5 Å². The van der Waals surface area contributed by atoms with Crippen LogP contribution in [-0.2, 0) is 15.1 Å². The summed E-state index contributed by atoms with van der Waals surface area (Å²) in [5.41, 5.74) is 1.15. The minimum atomic E-state index is -0.863. The number of carbonyl (C=O) groups excluding carboxylic acids is 1. The summed E-state index contributed by atoms with van der Waals surface area (Å²) in [4.78, 5) is 11.8. The third kappa shape index (κ3) is 2.17. The standard InChI is InChI=1S/C15H16N2O4/c1-9-13-14(17-21-9)15(2,20-8-12(18)16-13)10-4-6-11(19-3)7-5-10/h4-7H,8H2,1-3H3,(H,16,18). The summed E-state index contributed by atoms with van der Waals surface area (Å²) in [6.45, 7) is 3.58. The topological polar surface area (TPSA) is 73.6 Å². The molecule has 2 aromatic rings. The lowest BCUT2D eigenvalue weighted by molar-refractivity contribution is -0.124. The van der Waals surface area contributed by atoms with E-state index >= 15 is 0 Å². The summed E-state index contributed by atoms with van der Waals surface area (Å²) in [6, 6.07) is 7.47. The molecule has 1 amide bonds. The SMILES string of the molecule is COc1ccc(C2(C)OCC(=O)Nc3c2noc3C)cc1. The van der Waals surface area contributed by atoms with Crippen molar-refractivity contribution in [2.24, 2.45) is 0 Å². The first-order valence-electron chi connectivity index (χ1n) is 6.59. The highest BCUT2D eigenvalue weighted by atomic mass is 16.5. The molecular weight excluding hydrogens is 272 g/mol. The summed E-state index contributed by atoms with van der Waals surface area (Å²) >= 11 is 0. The molecule has 3 rings (SSSR count). The van der Waals surface area contributed by atoms with Crippen molar-refractivity contribution in [3.8, 4) is 5.75 Å². The Morgan fingerprint density at radius 3 is 2.71 bits per heavy atom. The average Bonchev–Trinajstić information content (AvgIpc) is 2.80. The van der Waals surface area contributed by atoms with E-state index in [0.29, 0.717) is 17.1 Å². The Morgan fingerprint density at radius 1 is 1.33 bits per heavy atom. The normalized spacial score (nSPS) is 21.4. The van der Waals surface area contributed by atoms with Crippen LogP contribution in [0.2, 0.25) is 0 Å². The van der Waals surface area contributed by atoms with Gasteiger partial charge in [-0.2, -0.15) is 0 Å². The van der Waals surface area contributed by atoms with Crippen LogP contribution in [0.4, 0.5) is 5.69 Å². The largest absolute Gasteiger partial charge is 0.497 e. The maximum Gasteiger partial charge on any atom is 0.250 e. The zero-order valence-electron chi connectivity index (χ0n) is 12.1. The Bertz CT molecular complexity index is 677. The molecule has 0 radical (unpaired) electrons. The Labute approximate surface area is 122 Å². The van der Waals surface area contributed by atoms with E-state index in [1.54, 1.807) is 14.0 Å². The highest BCUT2D eigenvalue weighted by molar-refractivity contribution is 5.93. The molecule has 1 N–H and O–H groups in total. The van der Waals surface area contributed by atoms with Gasteiger partial charge >= 0.3 is 0 Å². The Balaban J connectivity index is 2.11.